The standard InChI is InChI=1S/C28H26N4O3/c29-19-24(27(33)30-25-13-11-23(12-14-25)28(34)35)20-31-15-17-32(18-16-31)26(21-7-3-1-4-8-21)22-9-5-2-6-10-22/h1-14,20,26H,15-18H2,(H,30,33)(H,34,35)/b24-20-. The van der Waals surface area contributed by atoms with Gasteiger partial charge in [-0.05, 0) is 35.4 Å². The number of benzene rings is 3. The number of aromatic carboxylic acids is 1. The number of nitriles is 1. The summed E-state index contributed by atoms with van der Waals surface area (Å²) in [7, 11) is 0. The lowest BCUT2D eigenvalue weighted by atomic mass is 9.96. The molecule has 0 spiro atoms. The van der Waals surface area contributed by atoms with Crippen LogP contribution in [0, 0.1) is 11.3 Å². The Labute approximate surface area is 204 Å². The number of rotatable bonds is 7. The van der Waals surface area contributed by atoms with Crippen LogP contribution >= 0.6 is 0 Å². The monoisotopic (exact) mass is 466 g/mol. The average molecular weight is 467 g/mol. The van der Waals surface area contributed by atoms with Gasteiger partial charge in [0.1, 0.15) is 11.6 Å². The van der Waals surface area contributed by atoms with Crippen LogP contribution in [-0.2, 0) is 4.79 Å². The van der Waals surface area contributed by atoms with E-state index in [2.05, 4.69) is 58.7 Å². The van der Waals surface area contributed by atoms with E-state index in [4.69, 9.17) is 5.11 Å². The van der Waals surface area contributed by atoms with Crippen molar-refractivity contribution in [2.45, 2.75) is 6.04 Å². The summed E-state index contributed by atoms with van der Waals surface area (Å²) in [6.45, 7) is 2.92. The maximum absolute atomic E-state index is 12.6. The van der Waals surface area contributed by atoms with E-state index in [1.54, 1.807) is 6.20 Å². The Kier molecular flexibility index (Phi) is 7.56. The van der Waals surface area contributed by atoms with Crippen LogP contribution in [0.15, 0.2) is 96.7 Å². The maximum Gasteiger partial charge on any atom is 0.335 e. The number of nitrogens with zero attached hydrogens (tertiary/aromatic N) is 3. The molecule has 176 valence electrons. The maximum atomic E-state index is 12.6. The van der Waals surface area contributed by atoms with Gasteiger partial charge < -0.3 is 15.3 Å². The lowest BCUT2D eigenvalue weighted by Gasteiger charge is -2.39. The first-order valence-electron chi connectivity index (χ1n) is 11.4. The van der Waals surface area contributed by atoms with Crippen LogP contribution in [0.25, 0.3) is 0 Å². The first kappa shape index (κ1) is 23.7. The highest BCUT2D eigenvalue weighted by Gasteiger charge is 2.26. The number of anilines is 1. The van der Waals surface area contributed by atoms with Crippen molar-refractivity contribution in [2.75, 3.05) is 31.5 Å². The minimum atomic E-state index is -1.04. The molecule has 3 aromatic carbocycles. The Morgan fingerprint density at radius 2 is 1.40 bits per heavy atom. The van der Waals surface area contributed by atoms with E-state index in [-0.39, 0.29) is 17.2 Å². The Morgan fingerprint density at radius 3 is 1.89 bits per heavy atom. The van der Waals surface area contributed by atoms with Gasteiger partial charge in [0.15, 0.2) is 0 Å². The van der Waals surface area contributed by atoms with Gasteiger partial charge in [-0.1, -0.05) is 60.7 Å². The molecule has 1 amide bonds. The van der Waals surface area contributed by atoms with Gasteiger partial charge in [0.25, 0.3) is 5.91 Å². The first-order chi connectivity index (χ1) is 17.0. The van der Waals surface area contributed by atoms with Crippen LogP contribution in [0.3, 0.4) is 0 Å². The molecule has 1 aliphatic heterocycles. The summed E-state index contributed by atoms with van der Waals surface area (Å²) in [4.78, 5) is 28.0. The fourth-order valence-electron chi connectivity index (χ4n) is 4.22. The molecule has 7 heteroatoms. The van der Waals surface area contributed by atoms with Crippen LogP contribution < -0.4 is 5.32 Å². The molecule has 35 heavy (non-hydrogen) atoms. The molecule has 0 aliphatic carbocycles. The number of carbonyl (C=O) groups is 2. The van der Waals surface area contributed by atoms with Crippen molar-refractivity contribution in [3.05, 3.63) is 113 Å². The molecule has 0 atom stereocenters. The third-order valence-corrected chi connectivity index (χ3v) is 6.01. The molecule has 4 rings (SSSR count). The predicted octanol–water partition coefficient (Wildman–Crippen LogP) is 4.14. The zero-order valence-corrected chi connectivity index (χ0v) is 19.2. The highest BCUT2D eigenvalue weighted by atomic mass is 16.4. The van der Waals surface area contributed by atoms with Gasteiger partial charge >= 0.3 is 5.97 Å². The smallest absolute Gasteiger partial charge is 0.335 e. The number of piperazine rings is 1. The van der Waals surface area contributed by atoms with Crippen LogP contribution in [0.4, 0.5) is 5.69 Å². The fourth-order valence-corrected chi connectivity index (χ4v) is 4.22. The van der Waals surface area contributed by atoms with Crippen molar-refractivity contribution in [2.24, 2.45) is 0 Å². The summed E-state index contributed by atoms with van der Waals surface area (Å²) in [5, 5.41) is 21.2. The van der Waals surface area contributed by atoms with Crippen LogP contribution in [0.2, 0.25) is 0 Å². The molecule has 3 aromatic rings. The number of carbonyl (C=O) groups excluding carboxylic acids is 1. The molecule has 1 aliphatic rings. The van der Waals surface area contributed by atoms with Gasteiger partial charge in [-0.15, -0.1) is 0 Å². The summed E-state index contributed by atoms with van der Waals surface area (Å²) in [5.41, 5.74) is 3.02. The molecule has 1 saturated heterocycles. The number of hydrogen-bond acceptors (Lipinski definition) is 5. The quantitative estimate of drug-likeness (QED) is 0.401. The highest BCUT2D eigenvalue weighted by Crippen LogP contribution is 2.29. The van der Waals surface area contributed by atoms with Crippen molar-refractivity contribution in [1.29, 1.82) is 5.26 Å². The number of carboxylic acid groups (broad SMARTS) is 1. The van der Waals surface area contributed by atoms with Gasteiger partial charge in [-0.3, -0.25) is 9.69 Å². The highest BCUT2D eigenvalue weighted by molar-refractivity contribution is 6.06. The number of hydrogen-bond donors (Lipinski definition) is 2. The molecular formula is C28H26N4O3. The van der Waals surface area contributed by atoms with Gasteiger partial charge in [0, 0.05) is 38.1 Å². The number of carboxylic acids is 1. The van der Waals surface area contributed by atoms with Gasteiger partial charge in [0.05, 0.1) is 11.6 Å². The van der Waals surface area contributed by atoms with E-state index < -0.39 is 11.9 Å². The SMILES string of the molecule is N#C/C(=C/N1CCN(C(c2ccccc2)c2ccccc2)CC1)C(=O)Nc1ccc(C(=O)O)cc1. The zero-order chi connectivity index (χ0) is 24.6. The molecule has 0 unspecified atom stereocenters. The van der Waals surface area contributed by atoms with Crippen molar-refractivity contribution in [1.82, 2.24) is 9.80 Å². The van der Waals surface area contributed by atoms with Gasteiger partial charge in [0.2, 0.25) is 0 Å². The van der Waals surface area contributed by atoms with Crippen LogP contribution in [-0.4, -0.2) is 53.0 Å². The third-order valence-electron chi connectivity index (χ3n) is 6.01. The second kappa shape index (κ2) is 11.1. The van der Waals surface area contributed by atoms with E-state index >= 15 is 0 Å². The lowest BCUT2D eigenvalue weighted by molar-refractivity contribution is -0.112. The average Bonchev–Trinajstić information content (AvgIpc) is 2.90. The Hall–Kier alpha value is -4.41. The first-order valence-corrected chi connectivity index (χ1v) is 11.4. The van der Waals surface area contributed by atoms with Crippen molar-refractivity contribution in [3.63, 3.8) is 0 Å². The van der Waals surface area contributed by atoms with Crippen molar-refractivity contribution >= 4 is 17.6 Å². The second-order valence-corrected chi connectivity index (χ2v) is 8.29. The molecule has 1 fully saturated rings. The molecule has 0 aromatic heterocycles. The molecule has 0 bridgehead atoms. The fraction of sp³-hybridized carbons (Fsp3) is 0.179. The van der Waals surface area contributed by atoms with E-state index in [9.17, 15) is 14.9 Å². The molecule has 0 radical (unpaired) electrons. The number of amides is 1. The molecular weight excluding hydrogens is 440 g/mol. The summed E-state index contributed by atoms with van der Waals surface area (Å²) < 4.78 is 0. The summed E-state index contributed by atoms with van der Waals surface area (Å²) in [6, 6.07) is 28.8. The van der Waals surface area contributed by atoms with Crippen LogP contribution in [0.1, 0.15) is 27.5 Å². The Morgan fingerprint density at radius 1 is 0.857 bits per heavy atom. The number of nitrogens with one attached hydrogen (secondary N) is 1. The minimum Gasteiger partial charge on any atom is -0.478 e. The van der Waals surface area contributed by atoms with Gasteiger partial charge in [-0.25, -0.2) is 4.79 Å². The largest absolute Gasteiger partial charge is 0.478 e. The molecule has 0 saturated carbocycles. The summed E-state index contributed by atoms with van der Waals surface area (Å²) in [6.07, 6.45) is 1.61. The lowest BCUT2D eigenvalue weighted by Crippen LogP contribution is -2.46. The predicted molar refractivity (Wildman–Crippen MR) is 134 cm³/mol. The molecule has 2 N–H and O–H groups in total. The minimum absolute atomic E-state index is 0.00318. The zero-order valence-electron chi connectivity index (χ0n) is 19.2. The van der Waals surface area contributed by atoms with E-state index in [1.807, 2.05) is 23.1 Å². The Balaban J connectivity index is 1.42. The van der Waals surface area contributed by atoms with Crippen LogP contribution in [0.5, 0.6) is 0 Å². The van der Waals surface area contributed by atoms with Crippen molar-refractivity contribution < 1.29 is 14.7 Å². The Bertz CT molecular complexity index is 1190. The van der Waals surface area contributed by atoms with E-state index in [0.717, 1.165) is 13.1 Å². The normalized spacial score (nSPS) is 14.4. The van der Waals surface area contributed by atoms with E-state index in [1.165, 1.54) is 35.4 Å². The summed E-state index contributed by atoms with van der Waals surface area (Å²) >= 11 is 0. The van der Waals surface area contributed by atoms with Crippen molar-refractivity contribution in [3.8, 4) is 6.07 Å². The summed E-state index contributed by atoms with van der Waals surface area (Å²) in [5.74, 6) is -1.56. The van der Waals surface area contributed by atoms with E-state index in [0.29, 0.717) is 18.8 Å². The molecule has 1 heterocycles. The molecule has 7 nitrogen and oxygen atoms in total. The second-order valence-electron chi connectivity index (χ2n) is 8.29. The van der Waals surface area contributed by atoms with Gasteiger partial charge in [-0.2, -0.15) is 5.26 Å². The topological polar surface area (TPSA) is 96.7 Å². The third kappa shape index (κ3) is 5.94.